The van der Waals surface area contributed by atoms with Crippen molar-refractivity contribution in [1.29, 1.82) is 0 Å². The van der Waals surface area contributed by atoms with Crippen LogP contribution in [-0.2, 0) is 16.1 Å². The molecule has 1 aliphatic heterocycles. The number of carbonyl (C=O) groups is 1. The molecule has 0 amide bonds. The van der Waals surface area contributed by atoms with Gasteiger partial charge in [0.05, 0.1) is 5.57 Å². The summed E-state index contributed by atoms with van der Waals surface area (Å²) < 4.78 is 5.46. The third kappa shape index (κ3) is 3.57. The number of hydrogen-bond donors (Lipinski definition) is 2. The number of thiocarbonyl (C=S) groups is 1. The van der Waals surface area contributed by atoms with Crippen molar-refractivity contribution in [3.8, 4) is 0 Å². The van der Waals surface area contributed by atoms with Gasteiger partial charge in [0, 0.05) is 17.3 Å². The minimum Gasteiger partial charge on any atom is -0.457 e. The van der Waals surface area contributed by atoms with E-state index in [-0.39, 0.29) is 18.6 Å². The third-order valence-corrected chi connectivity index (χ3v) is 4.46. The zero-order valence-corrected chi connectivity index (χ0v) is 14.0. The highest BCUT2D eigenvalue weighted by molar-refractivity contribution is 7.80. The molecule has 2 aromatic rings. The summed E-state index contributed by atoms with van der Waals surface area (Å²) >= 11 is 6.65. The van der Waals surface area contributed by atoms with E-state index in [9.17, 15) is 4.79 Å². The van der Waals surface area contributed by atoms with Gasteiger partial charge in [0.2, 0.25) is 0 Å². The number of carbonyl (C=O) groups excluding carboxylic acids is 1. The predicted octanol–water partition coefficient (Wildman–Crippen LogP) is 2.68. The minimum absolute atomic E-state index is 0.228. The van der Waals surface area contributed by atoms with Gasteiger partial charge < -0.3 is 15.4 Å². The number of thiazole rings is 1. The highest BCUT2D eigenvalue weighted by Gasteiger charge is 2.32. The van der Waals surface area contributed by atoms with Crippen LogP contribution in [0.15, 0.2) is 53.2 Å². The minimum atomic E-state index is -0.382. The van der Waals surface area contributed by atoms with Gasteiger partial charge in [0.1, 0.15) is 17.7 Å². The quantitative estimate of drug-likeness (QED) is 0.656. The Labute approximate surface area is 143 Å². The lowest BCUT2D eigenvalue weighted by Crippen LogP contribution is -2.45. The molecule has 0 radical (unpaired) electrons. The highest BCUT2D eigenvalue weighted by Crippen LogP contribution is 2.29. The van der Waals surface area contributed by atoms with Crippen molar-refractivity contribution >= 4 is 34.6 Å². The Bertz CT molecular complexity index is 742. The van der Waals surface area contributed by atoms with Crippen molar-refractivity contribution in [2.75, 3.05) is 0 Å². The first-order valence-corrected chi connectivity index (χ1v) is 8.32. The largest absolute Gasteiger partial charge is 0.457 e. The zero-order chi connectivity index (χ0) is 16.2. The Morgan fingerprint density at radius 2 is 2.17 bits per heavy atom. The summed E-state index contributed by atoms with van der Waals surface area (Å²) in [4.78, 5) is 16.9. The van der Waals surface area contributed by atoms with Crippen molar-refractivity contribution in [3.05, 3.63) is 63.7 Å². The van der Waals surface area contributed by atoms with E-state index >= 15 is 0 Å². The first kappa shape index (κ1) is 15.6. The van der Waals surface area contributed by atoms with Crippen molar-refractivity contribution in [1.82, 2.24) is 15.6 Å². The van der Waals surface area contributed by atoms with E-state index in [4.69, 9.17) is 17.0 Å². The second-order valence-electron chi connectivity index (χ2n) is 5.00. The summed E-state index contributed by atoms with van der Waals surface area (Å²) in [5, 5.41) is 9.18. The summed E-state index contributed by atoms with van der Waals surface area (Å²) in [7, 11) is 0. The van der Waals surface area contributed by atoms with Crippen LogP contribution in [0.25, 0.3) is 0 Å². The van der Waals surface area contributed by atoms with E-state index < -0.39 is 0 Å². The first-order valence-electron chi connectivity index (χ1n) is 7.04. The third-order valence-electron chi connectivity index (χ3n) is 3.40. The molecule has 1 aromatic carbocycles. The molecule has 23 heavy (non-hydrogen) atoms. The summed E-state index contributed by atoms with van der Waals surface area (Å²) in [6.45, 7) is 2.04. The molecule has 1 unspecified atom stereocenters. The number of ether oxygens (including phenoxy) is 1. The van der Waals surface area contributed by atoms with E-state index in [0.29, 0.717) is 16.4 Å². The molecule has 118 valence electrons. The number of aromatic nitrogens is 1. The number of nitrogens with one attached hydrogen (secondary N) is 2. The standard InChI is InChI=1S/C16H15N3O2S2/c1-10-12(15(20)21-9-11-5-3-2-4-6-11)13(19-16(22)18-10)14-17-7-8-23-14/h2-8,13H,9H2,1H3,(H2,18,19,22). The van der Waals surface area contributed by atoms with E-state index in [2.05, 4.69) is 15.6 Å². The molecule has 1 atom stereocenters. The molecule has 0 bridgehead atoms. The molecule has 5 nitrogen and oxygen atoms in total. The van der Waals surface area contributed by atoms with Crippen LogP contribution in [0.5, 0.6) is 0 Å². The lowest BCUT2D eigenvalue weighted by Gasteiger charge is -2.28. The van der Waals surface area contributed by atoms with Crippen molar-refractivity contribution in [3.63, 3.8) is 0 Å². The number of esters is 1. The zero-order valence-electron chi connectivity index (χ0n) is 12.4. The molecular formula is C16H15N3O2S2. The molecule has 1 aromatic heterocycles. The molecule has 0 fully saturated rings. The second-order valence-corrected chi connectivity index (χ2v) is 6.34. The van der Waals surface area contributed by atoms with Crippen molar-refractivity contribution < 1.29 is 9.53 Å². The summed E-state index contributed by atoms with van der Waals surface area (Å²) in [5.74, 6) is -0.381. The molecule has 7 heteroatoms. The molecule has 1 aliphatic rings. The Morgan fingerprint density at radius 3 is 2.87 bits per heavy atom. The second kappa shape index (κ2) is 6.89. The van der Waals surface area contributed by atoms with Crippen LogP contribution in [0.4, 0.5) is 0 Å². The lowest BCUT2D eigenvalue weighted by molar-refractivity contribution is -0.140. The fourth-order valence-electron chi connectivity index (χ4n) is 2.33. The fraction of sp³-hybridized carbons (Fsp3) is 0.188. The molecule has 2 heterocycles. The smallest absolute Gasteiger partial charge is 0.338 e. The van der Waals surface area contributed by atoms with Gasteiger partial charge in [-0.05, 0) is 24.7 Å². The van der Waals surface area contributed by atoms with E-state index in [0.717, 1.165) is 10.6 Å². The van der Waals surface area contributed by atoms with Gasteiger partial charge in [0.15, 0.2) is 5.11 Å². The Morgan fingerprint density at radius 1 is 1.39 bits per heavy atom. The topological polar surface area (TPSA) is 63.2 Å². The average molecular weight is 345 g/mol. The SMILES string of the molecule is CC1=C(C(=O)OCc2ccccc2)C(c2nccs2)NC(=S)N1. The van der Waals surface area contributed by atoms with Gasteiger partial charge in [0.25, 0.3) is 0 Å². The summed E-state index contributed by atoms with van der Waals surface area (Å²) in [6.07, 6.45) is 1.70. The summed E-state index contributed by atoms with van der Waals surface area (Å²) in [5.41, 5.74) is 2.13. The molecule has 0 saturated heterocycles. The van der Waals surface area contributed by atoms with Gasteiger partial charge in [-0.25, -0.2) is 9.78 Å². The van der Waals surface area contributed by atoms with E-state index in [1.54, 1.807) is 6.20 Å². The van der Waals surface area contributed by atoms with Crippen LogP contribution in [0.2, 0.25) is 0 Å². The number of nitrogens with zero attached hydrogens (tertiary/aromatic N) is 1. The molecule has 2 N–H and O–H groups in total. The van der Waals surface area contributed by atoms with Crippen LogP contribution in [0, 0.1) is 0 Å². The molecule has 0 saturated carbocycles. The number of rotatable bonds is 4. The van der Waals surface area contributed by atoms with Crippen LogP contribution >= 0.6 is 23.6 Å². The Hall–Kier alpha value is -2.25. The maximum absolute atomic E-state index is 12.6. The van der Waals surface area contributed by atoms with Gasteiger partial charge in [-0.1, -0.05) is 30.3 Å². The van der Waals surface area contributed by atoms with Gasteiger partial charge in [-0.2, -0.15) is 0 Å². The Balaban J connectivity index is 1.81. The van der Waals surface area contributed by atoms with Crippen LogP contribution in [-0.4, -0.2) is 16.1 Å². The van der Waals surface area contributed by atoms with Crippen LogP contribution < -0.4 is 10.6 Å². The number of benzene rings is 1. The number of hydrogen-bond acceptors (Lipinski definition) is 5. The Kier molecular flexibility index (Phi) is 4.68. The van der Waals surface area contributed by atoms with Gasteiger partial charge in [-0.3, -0.25) is 0 Å². The van der Waals surface area contributed by atoms with Crippen LogP contribution in [0.3, 0.4) is 0 Å². The highest BCUT2D eigenvalue weighted by atomic mass is 32.1. The molecular weight excluding hydrogens is 330 g/mol. The van der Waals surface area contributed by atoms with Gasteiger partial charge in [-0.15, -0.1) is 11.3 Å². The van der Waals surface area contributed by atoms with Gasteiger partial charge >= 0.3 is 5.97 Å². The van der Waals surface area contributed by atoms with E-state index in [1.807, 2.05) is 42.6 Å². The maximum Gasteiger partial charge on any atom is 0.338 e. The lowest BCUT2D eigenvalue weighted by atomic mass is 10.0. The maximum atomic E-state index is 12.6. The molecule has 0 spiro atoms. The van der Waals surface area contributed by atoms with E-state index in [1.165, 1.54) is 11.3 Å². The fourth-order valence-corrected chi connectivity index (χ4v) is 3.29. The average Bonchev–Trinajstić information content (AvgIpc) is 3.07. The monoisotopic (exact) mass is 345 g/mol. The predicted molar refractivity (Wildman–Crippen MR) is 92.7 cm³/mol. The van der Waals surface area contributed by atoms with Crippen molar-refractivity contribution in [2.45, 2.75) is 19.6 Å². The number of allylic oxidation sites excluding steroid dienone is 1. The summed E-state index contributed by atoms with van der Waals surface area (Å²) in [6, 6.07) is 9.19. The molecule has 3 rings (SSSR count). The first-order chi connectivity index (χ1) is 11.1. The van der Waals surface area contributed by atoms with Crippen LogP contribution in [0.1, 0.15) is 23.5 Å². The molecule has 0 aliphatic carbocycles. The van der Waals surface area contributed by atoms with Crippen molar-refractivity contribution in [2.24, 2.45) is 0 Å². The normalized spacial score (nSPS) is 17.4.